The van der Waals surface area contributed by atoms with Gasteiger partial charge in [0.1, 0.15) is 0 Å². The zero-order valence-corrected chi connectivity index (χ0v) is 9.45. The zero-order chi connectivity index (χ0) is 11.1. The molecule has 1 fully saturated rings. The summed E-state index contributed by atoms with van der Waals surface area (Å²) in [6.07, 6.45) is 4.66. The molecule has 1 saturated heterocycles. The molecule has 0 aliphatic carbocycles. The summed E-state index contributed by atoms with van der Waals surface area (Å²) in [4.78, 5) is 13.3. The van der Waals surface area contributed by atoms with Gasteiger partial charge in [-0.3, -0.25) is 0 Å². The normalized spacial score (nSPS) is 21.5. The second-order valence-corrected chi connectivity index (χ2v) is 3.99. The largest absolute Gasteiger partial charge is 0.449 e. The van der Waals surface area contributed by atoms with Crippen LogP contribution in [0.25, 0.3) is 0 Å². The molecule has 0 spiro atoms. The van der Waals surface area contributed by atoms with Crippen LogP contribution in [0.15, 0.2) is 0 Å². The number of amides is 1. The number of nitrogens with zero attached hydrogens (tertiary/aromatic N) is 1. The van der Waals surface area contributed by atoms with Crippen molar-refractivity contribution in [2.45, 2.75) is 45.1 Å². The number of ether oxygens (including phenoxy) is 1. The van der Waals surface area contributed by atoms with Gasteiger partial charge in [0, 0.05) is 6.54 Å². The Kier molecular flexibility index (Phi) is 5.47. The Hall–Kier alpha value is -0.770. The van der Waals surface area contributed by atoms with Crippen LogP contribution >= 0.6 is 0 Å². The average Bonchev–Trinajstić information content (AvgIpc) is 2.29. The van der Waals surface area contributed by atoms with E-state index in [-0.39, 0.29) is 18.7 Å². The number of aliphatic hydroxyl groups excluding tert-OH is 1. The molecule has 1 aliphatic rings. The Labute approximate surface area is 91.2 Å². The highest BCUT2D eigenvalue weighted by Gasteiger charge is 2.26. The second-order valence-electron chi connectivity index (χ2n) is 3.99. The van der Waals surface area contributed by atoms with Crippen molar-refractivity contribution >= 4 is 6.09 Å². The maximum Gasteiger partial charge on any atom is 0.410 e. The minimum atomic E-state index is -0.262. The van der Waals surface area contributed by atoms with Gasteiger partial charge in [-0.1, -0.05) is 13.3 Å². The Morgan fingerprint density at radius 1 is 1.53 bits per heavy atom. The molecule has 1 atom stereocenters. The fourth-order valence-electron chi connectivity index (χ4n) is 1.82. The fraction of sp³-hybridized carbons (Fsp3) is 0.909. The van der Waals surface area contributed by atoms with Gasteiger partial charge >= 0.3 is 6.09 Å². The molecule has 0 bridgehead atoms. The van der Waals surface area contributed by atoms with E-state index in [1.165, 1.54) is 0 Å². The van der Waals surface area contributed by atoms with E-state index in [9.17, 15) is 4.79 Å². The summed E-state index contributed by atoms with van der Waals surface area (Å²) in [5.74, 6) is 0. The van der Waals surface area contributed by atoms with Crippen molar-refractivity contribution < 1.29 is 14.6 Å². The fourth-order valence-corrected chi connectivity index (χ4v) is 1.82. The lowest BCUT2D eigenvalue weighted by Crippen LogP contribution is -2.45. The molecular formula is C11H21NO3. The van der Waals surface area contributed by atoms with E-state index in [1.807, 2.05) is 0 Å². The molecule has 0 unspecified atom stereocenters. The Morgan fingerprint density at radius 3 is 3.00 bits per heavy atom. The van der Waals surface area contributed by atoms with Crippen LogP contribution in [0.3, 0.4) is 0 Å². The highest BCUT2D eigenvalue weighted by molar-refractivity contribution is 5.68. The lowest BCUT2D eigenvalue weighted by Gasteiger charge is -2.33. The summed E-state index contributed by atoms with van der Waals surface area (Å²) in [6, 6.07) is -0.0344. The summed E-state index contributed by atoms with van der Waals surface area (Å²) >= 11 is 0. The van der Waals surface area contributed by atoms with Crippen LogP contribution in [-0.4, -0.2) is 41.9 Å². The van der Waals surface area contributed by atoms with Crippen LogP contribution in [0.5, 0.6) is 0 Å². The van der Waals surface area contributed by atoms with Crippen molar-refractivity contribution in [3.05, 3.63) is 0 Å². The summed E-state index contributed by atoms with van der Waals surface area (Å²) in [5, 5.41) is 9.13. The maximum atomic E-state index is 11.6. The summed E-state index contributed by atoms with van der Waals surface area (Å²) in [6.45, 7) is 3.31. The molecule has 0 aromatic rings. The smallest absolute Gasteiger partial charge is 0.410 e. The quantitative estimate of drug-likeness (QED) is 0.727. The lowest BCUT2D eigenvalue weighted by molar-refractivity contribution is 0.0533. The van der Waals surface area contributed by atoms with E-state index < -0.39 is 0 Å². The van der Waals surface area contributed by atoms with Crippen molar-refractivity contribution in [2.24, 2.45) is 0 Å². The molecule has 1 N–H and O–H groups in total. The van der Waals surface area contributed by atoms with E-state index in [1.54, 1.807) is 4.90 Å². The van der Waals surface area contributed by atoms with Gasteiger partial charge in [0.2, 0.25) is 0 Å². The highest BCUT2D eigenvalue weighted by Crippen LogP contribution is 2.17. The van der Waals surface area contributed by atoms with Crippen molar-refractivity contribution in [3.8, 4) is 0 Å². The number of carbonyl (C=O) groups is 1. The van der Waals surface area contributed by atoms with E-state index in [4.69, 9.17) is 9.84 Å². The van der Waals surface area contributed by atoms with Crippen molar-refractivity contribution in [1.82, 2.24) is 4.90 Å². The summed E-state index contributed by atoms with van der Waals surface area (Å²) < 4.78 is 5.13. The van der Waals surface area contributed by atoms with Crippen molar-refractivity contribution in [2.75, 3.05) is 19.8 Å². The number of rotatable bonds is 4. The first-order valence-corrected chi connectivity index (χ1v) is 5.83. The minimum absolute atomic E-state index is 0.0344. The van der Waals surface area contributed by atoms with Crippen LogP contribution in [0.4, 0.5) is 4.79 Å². The Morgan fingerprint density at radius 2 is 2.33 bits per heavy atom. The third-order valence-corrected chi connectivity index (χ3v) is 2.80. The van der Waals surface area contributed by atoms with E-state index in [0.29, 0.717) is 6.61 Å². The molecule has 0 saturated carbocycles. The predicted octanol–water partition coefficient (Wildman–Crippen LogP) is 1.77. The number of hydrogen-bond acceptors (Lipinski definition) is 3. The molecule has 15 heavy (non-hydrogen) atoms. The number of piperidine rings is 1. The molecule has 1 heterocycles. The predicted molar refractivity (Wildman–Crippen MR) is 57.7 cm³/mol. The number of hydrogen-bond donors (Lipinski definition) is 1. The molecule has 1 aliphatic heterocycles. The molecule has 0 aromatic heterocycles. The Balaban J connectivity index is 2.34. The van der Waals surface area contributed by atoms with Gasteiger partial charge in [0.25, 0.3) is 0 Å². The summed E-state index contributed by atoms with van der Waals surface area (Å²) in [7, 11) is 0. The number of carbonyl (C=O) groups excluding carboxylic acids is 1. The molecule has 1 rings (SSSR count). The molecule has 4 heteroatoms. The van der Waals surface area contributed by atoms with Crippen LogP contribution < -0.4 is 0 Å². The van der Waals surface area contributed by atoms with Crippen LogP contribution in [0.2, 0.25) is 0 Å². The first kappa shape index (κ1) is 12.3. The second kappa shape index (κ2) is 6.67. The Bertz CT molecular complexity index is 196. The molecule has 88 valence electrons. The SMILES string of the molecule is CCCCOC(=O)N1CCCC[C@H]1CO. The number of likely N-dealkylation sites (tertiary alicyclic amines) is 1. The van der Waals surface area contributed by atoms with Crippen molar-refractivity contribution in [3.63, 3.8) is 0 Å². The van der Waals surface area contributed by atoms with Gasteiger partial charge in [-0.2, -0.15) is 0 Å². The number of aliphatic hydroxyl groups is 1. The first-order valence-electron chi connectivity index (χ1n) is 5.83. The van der Waals surface area contributed by atoms with E-state index in [2.05, 4.69) is 6.92 Å². The third-order valence-electron chi connectivity index (χ3n) is 2.80. The number of unbranched alkanes of at least 4 members (excludes halogenated alkanes) is 1. The van der Waals surface area contributed by atoms with Gasteiger partial charge < -0.3 is 14.7 Å². The third kappa shape index (κ3) is 3.70. The molecule has 0 aromatic carbocycles. The van der Waals surface area contributed by atoms with Crippen LogP contribution in [0.1, 0.15) is 39.0 Å². The van der Waals surface area contributed by atoms with Gasteiger partial charge in [0.15, 0.2) is 0 Å². The monoisotopic (exact) mass is 215 g/mol. The van der Waals surface area contributed by atoms with Gasteiger partial charge in [-0.05, 0) is 25.7 Å². The maximum absolute atomic E-state index is 11.6. The van der Waals surface area contributed by atoms with Gasteiger partial charge in [0.05, 0.1) is 19.3 Å². The van der Waals surface area contributed by atoms with Gasteiger partial charge in [-0.15, -0.1) is 0 Å². The van der Waals surface area contributed by atoms with E-state index in [0.717, 1.165) is 38.6 Å². The standard InChI is InChI=1S/C11H21NO3/c1-2-3-8-15-11(14)12-7-5-4-6-10(12)9-13/h10,13H,2-9H2,1H3/t10-/m0/s1. The van der Waals surface area contributed by atoms with Crippen LogP contribution in [0, 0.1) is 0 Å². The van der Waals surface area contributed by atoms with Crippen molar-refractivity contribution in [1.29, 1.82) is 0 Å². The molecular weight excluding hydrogens is 194 g/mol. The van der Waals surface area contributed by atoms with Crippen LogP contribution in [-0.2, 0) is 4.74 Å². The first-order chi connectivity index (χ1) is 7.29. The molecule has 0 radical (unpaired) electrons. The molecule has 1 amide bonds. The average molecular weight is 215 g/mol. The van der Waals surface area contributed by atoms with Gasteiger partial charge in [-0.25, -0.2) is 4.79 Å². The molecule has 4 nitrogen and oxygen atoms in total. The highest BCUT2D eigenvalue weighted by atomic mass is 16.6. The van der Waals surface area contributed by atoms with E-state index >= 15 is 0 Å². The topological polar surface area (TPSA) is 49.8 Å². The zero-order valence-electron chi connectivity index (χ0n) is 9.45. The minimum Gasteiger partial charge on any atom is -0.449 e. The lowest BCUT2D eigenvalue weighted by atomic mass is 10.0. The summed E-state index contributed by atoms with van der Waals surface area (Å²) in [5.41, 5.74) is 0.